The molecule has 0 aliphatic heterocycles. The van der Waals surface area contributed by atoms with Gasteiger partial charge in [0.25, 0.3) is 0 Å². The molecule has 116 valence electrons. The quantitative estimate of drug-likeness (QED) is 0.756. The predicted molar refractivity (Wildman–Crippen MR) is 93.7 cm³/mol. The summed E-state index contributed by atoms with van der Waals surface area (Å²) < 4.78 is 0. The van der Waals surface area contributed by atoms with E-state index < -0.39 is 0 Å². The van der Waals surface area contributed by atoms with Gasteiger partial charge in [0.05, 0.1) is 6.04 Å². The zero-order valence-corrected chi connectivity index (χ0v) is 14.0. The molecule has 1 aliphatic carbocycles. The molecule has 1 N–H and O–H groups in total. The first kappa shape index (κ1) is 14.6. The molecular formula is C18H16N2OS2. The molecule has 3 aromatic heterocycles. The molecule has 3 aromatic rings. The van der Waals surface area contributed by atoms with Gasteiger partial charge < -0.3 is 5.32 Å². The highest BCUT2D eigenvalue weighted by molar-refractivity contribution is 7.11. The van der Waals surface area contributed by atoms with Crippen LogP contribution in [-0.4, -0.2) is 10.9 Å². The molecule has 1 aliphatic rings. The van der Waals surface area contributed by atoms with Crippen LogP contribution in [0.4, 0.5) is 0 Å². The van der Waals surface area contributed by atoms with Crippen LogP contribution in [0.3, 0.4) is 0 Å². The molecule has 4 rings (SSSR count). The summed E-state index contributed by atoms with van der Waals surface area (Å²) in [5.74, 6) is 0.531. The number of carbonyl (C=O) groups excluding carboxylic acids is 1. The van der Waals surface area contributed by atoms with Crippen LogP contribution in [0.5, 0.6) is 0 Å². The van der Waals surface area contributed by atoms with Gasteiger partial charge in [0.1, 0.15) is 0 Å². The van der Waals surface area contributed by atoms with Crippen molar-refractivity contribution in [2.75, 3.05) is 0 Å². The van der Waals surface area contributed by atoms with Crippen molar-refractivity contribution >= 4 is 28.6 Å². The van der Waals surface area contributed by atoms with Gasteiger partial charge in [-0.05, 0) is 46.9 Å². The van der Waals surface area contributed by atoms with Gasteiger partial charge in [-0.25, -0.2) is 0 Å². The number of aromatic nitrogens is 1. The molecule has 0 bridgehead atoms. The average Bonchev–Trinajstić information content (AvgIpc) is 2.99. The zero-order valence-electron chi connectivity index (χ0n) is 12.4. The van der Waals surface area contributed by atoms with Crippen molar-refractivity contribution in [3.8, 4) is 0 Å². The average molecular weight is 340 g/mol. The van der Waals surface area contributed by atoms with Crippen molar-refractivity contribution in [1.29, 1.82) is 0 Å². The molecule has 5 heteroatoms. The molecule has 1 amide bonds. The maximum absolute atomic E-state index is 12.7. The number of hydrogen-bond donors (Lipinski definition) is 1. The number of rotatable bonds is 5. The smallest absolute Gasteiger partial charge is 0.224 e. The van der Waals surface area contributed by atoms with Crippen molar-refractivity contribution in [1.82, 2.24) is 10.3 Å². The van der Waals surface area contributed by atoms with Crippen LogP contribution in [0, 0.1) is 5.92 Å². The molecule has 0 aromatic carbocycles. The maximum atomic E-state index is 12.7. The number of amides is 1. The third kappa shape index (κ3) is 3.07. The van der Waals surface area contributed by atoms with Gasteiger partial charge in [0.15, 0.2) is 0 Å². The van der Waals surface area contributed by atoms with Crippen LogP contribution in [0.2, 0.25) is 0 Å². The molecule has 0 unspecified atom stereocenters. The number of nitrogens with zero attached hydrogens (tertiary/aromatic N) is 1. The van der Waals surface area contributed by atoms with Crippen molar-refractivity contribution < 1.29 is 4.79 Å². The van der Waals surface area contributed by atoms with E-state index in [0.29, 0.717) is 5.92 Å². The van der Waals surface area contributed by atoms with E-state index in [2.05, 4.69) is 39.3 Å². The Hall–Kier alpha value is -1.98. The lowest BCUT2D eigenvalue weighted by molar-refractivity contribution is -0.122. The first-order valence-corrected chi connectivity index (χ1v) is 9.36. The van der Waals surface area contributed by atoms with Crippen LogP contribution < -0.4 is 5.32 Å². The molecule has 23 heavy (non-hydrogen) atoms. The second-order valence-corrected chi connectivity index (χ2v) is 7.67. The van der Waals surface area contributed by atoms with Crippen LogP contribution in [0.25, 0.3) is 0 Å². The Balaban J connectivity index is 1.49. The summed E-state index contributed by atoms with van der Waals surface area (Å²) in [5.41, 5.74) is 1.16. The minimum absolute atomic E-state index is 0.0300. The van der Waals surface area contributed by atoms with E-state index >= 15 is 0 Å². The van der Waals surface area contributed by atoms with E-state index in [-0.39, 0.29) is 17.9 Å². The molecule has 3 nitrogen and oxygen atoms in total. The fraction of sp³-hybridized carbons (Fsp3) is 0.222. The fourth-order valence-corrected chi connectivity index (χ4v) is 4.55. The van der Waals surface area contributed by atoms with E-state index in [4.69, 9.17) is 0 Å². The highest BCUT2D eigenvalue weighted by Crippen LogP contribution is 2.47. The lowest BCUT2D eigenvalue weighted by atomic mass is 10.1. The van der Waals surface area contributed by atoms with Crippen LogP contribution >= 0.6 is 22.7 Å². The first-order valence-electron chi connectivity index (χ1n) is 7.60. The van der Waals surface area contributed by atoms with Crippen molar-refractivity contribution in [3.63, 3.8) is 0 Å². The summed E-state index contributed by atoms with van der Waals surface area (Å²) in [4.78, 5) is 19.2. The van der Waals surface area contributed by atoms with E-state index in [0.717, 1.165) is 12.0 Å². The Labute approximate surface area is 143 Å². The maximum Gasteiger partial charge on any atom is 0.224 e. The molecule has 3 heterocycles. The molecule has 0 radical (unpaired) electrons. The van der Waals surface area contributed by atoms with Crippen LogP contribution in [0.1, 0.15) is 33.7 Å². The zero-order chi connectivity index (χ0) is 15.6. The van der Waals surface area contributed by atoms with Gasteiger partial charge in [-0.1, -0.05) is 18.2 Å². The molecule has 1 saturated carbocycles. The number of thiophene rings is 2. The standard InChI is InChI=1S/C18H16N2OS2/c21-18(14-10-13(14)12-4-1-7-19-11-12)20-17(15-5-2-8-22-15)16-6-3-9-23-16/h1-9,11,13-14,17H,10H2,(H,20,21)/t13-,14-/m1/s1. The monoisotopic (exact) mass is 340 g/mol. The Morgan fingerprint density at radius 2 is 1.87 bits per heavy atom. The first-order chi connectivity index (χ1) is 11.3. The topological polar surface area (TPSA) is 42.0 Å². The van der Waals surface area contributed by atoms with E-state index in [1.54, 1.807) is 28.9 Å². The van der Waals surface area contributed by atoms with Gasteiger partial charge in [-0.2, -0.15) is 0 Å². The molecule has 0 spiro atoms. The fourth-order valence-electron chi connectivity index (χ4n) is 2.89. The highest BCUT2D eigenvalue weighted by atomic mass is 32.1. The summed E-state index contributed by atoms with van der Waals surface area (Å²) >= 11 is 3.36. The summed E-state index contributed by atoms with van der Waals surface area (Å²) in [6, 6.07) is 12.2. The lowest BCUT2D eigenvalue weighted by Gasteiger charge is -2.16. The number of nitrogens with one attached hydrogen (secondary N) is 1. The van der Waals surface area contributed by atoms with Crippen molar-refractivity contribution in [2.45, 2.75) is 18.4 Å². The summed E-state index contributed by atoms with van der Waals surface area (Å²) in [5, 5.41) is 7.35. The molecule has 2 atom stereocenters. The number of hydrogen-bond acceptors (Lipinski definition) is 4. The van der Waals surface area contributed by atoms with Gasteiger partial charge in [-0.3, -0.25) is 9.78 Å². The highest BCUT2D eigenvalue weighted by Gasteiger charge is 2.44. The Morgan fingerprint density at radius 1 is 1.13 bits per heavy atom. The molecule has 1 fully saturated rings. The molecular weight excluding hydrogens is 324 g/mol. The van der Waals surface area contributed by atoms with E-state index in [9.17, 15) is 4.79 Å². The van der Waals surface area contributed by atoms with Crippen LogP contribution in [-0.2, 0) is 4.79 Å². The third-order valence-electron chi connectivity index (χ3n) is 4.18. The largest absolute Gasteiger partial charge is 0.343 e. The van der Waals surface area contributed by atoms with Crippen molar-refractivity contribution in [3.05, 3.63) is 74.9 Å². The Kier molecular flexibility index (Phi) is 3.97. The van der Waals surface area contributed by atoms with Gasteiger partial charge in [0, 0.05) is 28.1 Å². The van der Waals surface area contributed by atoms with Gasteiger partial charge in [-0.15, -0.1) is 22.7 Å². The summed E-state index contributed by atoms with van der Waals surface area (Å²) in [7, 11) is 0. The lowest BCUT2D eigenvalue weighted by Crippen LogP contribution is -2.30. The second kappa shape index (κ2) is 6.26. The SMILES string of the molecule is O=C(NC(c1cccs1)c1cccs1)[C@@H]1C[C@@H]1c1cccnc1. The third-order valence-corrected chi connectivity index (χ3v) is 6.06. The molecule has 0 saturated heterocycles. The van der Waals surface area contributed by atoms with E-state index in [1.807, 2.05) is 24.4 Å². The minimum Gasteiger partial charge on any atom is -0.343 e. The Bertz CT molecular complexity index is 734. The normalized spacial score (nSPS) is 19.7. The number of carbonyl (C=O) groups is 1. The Morgan fingerprint density at radius 3 is 2.43 bits per heavy atom. The second-order valence-electron chi connectivity index (χ2n) is 5.71. The van der Waals surface area contributed by atoms with E-state index in [1.165, 1.54) is 9.75 Å². The summed E-state index contributed by atoms with van der Waals surface area (Å²) in [6.45, 7) is 0. The number of pyridine rings is 1. The minimum atomic E-state index is -0.0300. The summed E-state index contributed by atoms with van der Waals surface area (Å²) in [6.07, 6.45) is 4.55. The van der Waals surface area contributed by atoms with Gasteiger partial charge in [0.2, 0.25) is 5.91 Å². The van der Waals surface area contributed by atoms with Gasteiger partial charge >= 0.3 is 0 Å². The van der Waals surface area contributed by atoms with Crippen LogP contribution in [0.15, 0.2) is 59.6 Å². The van der Waals surface area contributed by atoms with Crippen molar-refractivity contribution in [2.24, 2.45) is 5.92 Å². The predicted octanol–water partition coefficient (Wildman–Crippen LogP) is 4.21.